The fraction of sp³-hybridized carbons (Fsp3) is 0.722. The van der Waals surface area contributed by atoms with Crippen LogP contribution in [0.25, 0.3) is 0 Å². The van der Waals surface area contributed by atoms with Crippen LogP contribution in [-0.2, 0) is 4.74 Å². The van der Waals surface area contributed by atoms with Gasteiger partial charge in [0.15, 0.2) is 5.96 Å². The average Bonchev–Trinajstić information content (AvgIpc) is 3.01. The molecule has 5 nitrogen and oxygen atoms in total. The molecule has 1 atom stereocenters. The number of nitrogens with zero attached hydrogens (tertiary/aromatic N) is 2. The fourth-order valence-electron chi connectivity index (χ4n) is 3.62. The maximum Gasteiger partial charge on any atom is 0.188 e. The summed E-state index contributed by atoms with van der Waals surface area (Å²) in [7, 11) is 0. The first-order valence-corrected chi connectivity index (χ1v) is 10.1. The van der Waals surface area contributed by atoms with Crippen LogP contribution < -0.4 is 11.1 Å². The number of thiophene rings is 1. The van der Waals surface area contributed by atoms with Gasteiger partial charge in [0.05, 0.1) is 25.8 Å². The van der Waals surface area contributed by atoms with Crippen LogP contribution in [0.1, 0.15) is 49.4 Å². The normalized spacial score (nSPS) is 22.9. The summed E-state index contributed by atoms with van der Waals surface area (Å²) in [6, 6.07) is 5.13. The van der Waals surface area contributed by atoms with Gasteiger partial charge in [-0.05, 0) is 24.3 Å². The molecule has 1 aromatic rings. The minimum absolute atomic E-state index is 0.309. The Labute approximate surface area is 149 Å². The number of hydrogen-bond donors (Lipinski definition) is 2. The van der Waals surface area contributed by atoms with Crippen LogP contribution >= 0.6 is 11.3 Å². The van der Waals surface area contributed by atoms with Crippen molar-refractivity contribution in [2.24, 2.45) is 10.7 Å². The van der Waals surface area contributed by atoms with Crippen LogP contribution in [0.2, 0.25) is 0 Å². The lowest BCUT2D eigenvalue weighted by molar-refractivity contribution is 0.0187. The molecule has 24 heavy (non-hydrogen) atoms. The highest BCUT2D eigenvalue weighted by Crippen LogP contribution is 2.26. The van der Waals surface area contributed by atoms with Gasteiger partial charge in [-0.2, -0.15) is 0 Å². The van der Waals surface area contributed by atoms with Gasteiger partial charge in [-0.15, -0.1) is 11.3 Å². The zero-order valence-electron chi connectivity index (χ0n) is 14.5. The zero-order chi connectivity index (χ0) is 16.6. The van der Waals surface area contributed by atoms with Crippen LogP contribution in [-0.4, -0.2) is 49.7 Å². The number of aliphatic imine (C=N–C) groups is 1. The fourth-order valence-corrected chi connectivity index (χ4v) is 4.47. The number of morpholine rings is 1. The SMILES string of the molecule is NC(=NCC(c1cccs1)N1CCOCC1)NC1CCCCCC1. The Morgan fingerprint density at radius 2 is 2.04 bits per heavy atom. The van der Waals surface area contributed by atoms with Crippen LogP contribution in [0.4, 0.5) is 0 Å². The van der Waals surface area contributed by atoms with Crippen LogP contribution in [0.5, 0.6) is 0 Å². The van der Waals surface area contributed by atoms with E-state index in [0.717, 1.165) is 26.3 Å². The maximum absolute atomic E-state index is 6.19. The second kappa shape index (κ2) is 9.39. The van der Waals surface area contributed by atoms with Crippen molar-refractivity contribution in [3.63, 3.8) is 0 Å². The number of guanidine groups is 1. The van der Waals surface area contributed by atoms with E-state index >= 15 is 0 Å². The molecule has 2 heterocycles. The maximum atomic E-state index is 6.19. The number of rotatable bonds is 5. The predicted molar refractivity (Wildman–Crippen MR) is 101 cm³/mol. The van der Waals surface area contributed by atoms with Gasteiger partial charge >= 0.3 is 0 Å². The van der Waals surface area contributed by atoms with Crippen LogP contribution in [0.3, 0.4) is 0 Å². The molecule has 2 fully saturated rings. The number of nitrogens with two attached hydrogens (primary N) is 1. The van der Waals surface area contributed by atoms with Crippen LogP contribution in [0, 0.1) is 0 Å². The Balaban J connectivity index is 1.59. The minimum atomic E-state index is 0.309. The first-order chi connectivity index (χ1) is 11.8. The molecule has 134 valence electrons. The summed E-state index contributed by atoms with van der Waals surface area (Å²) in [4.78, 5) is 8.52. The highest BCUT2D eigenvalue weighted by atomic mass is 32.1. The monoisotopic (exact) mass is 350 g/mol. The molecule has 1 aromatic heterocycles. The van der Waals surface area contributed by atoms with Crippen molar-refractivity contribution in [3.05, 3.63) is 22.4 Å². The summed E-state index contributed by atoms with van der Waals surface area (Å²) in [5, 5.41) is 5.59. The quantitative estimate of drug-likeness (QED) is 0.487. The van der Waals surface area contributed by atoms with E-state index in [2.05, 4.69) is 32.7 Å². The first-order valence-electron chi connectivity index (χ1n) is 9.24. The van der Waals surface area contributed by atoms with Crippen molar-refractivity contribution in [1.29, 1.82) is 0 Å². The lowest BCUT2D eigenvalue weighted by atomic mass is 10.1. The molecule has 1 aliphatic carbocycles. The highest BCUT2D eigenvalue weighted by Gasteiger charge is 2.23. The molecule has 0 spiro atoms. The molecule has 1 saturated carbocycles. The van der Waals surface area contributed by atoms with E-state index in [9.17, 15) is 0 Å². The average molecular weight is 351 g/mol. The van der Waals surface area contributed by atoms with Crippen molar-refractivity contribution in [2.45, 2.75) is 50.6 Å². The largest absolute Gasteiger partial charge is 0.379 e. The van der Waals surface area contributed by atoms with E-state index in [1.165, 1.54) is 43.4 Å². The van der Waals surface area contributed by atoms with Gasteiger partial charge in [0, 0.05) is 24.0 Å². The summed E-state index contributed by atoms with van der Waals surface area (Å²) in [5.74, 6) is 0.608. The van der Waals surface area contributed by atoms with Crippen molar-refractivity contribution < 1.29 is 4.74 Å². The smallest absolute Gasteiger partial charge is 0.188 e. The standard InChI is InChI=1S/C18H30N4OS/c19-18(21-15-6-3-1-2-4-7-15)20-14-16(17-8-5-13-24-17)22-9-11-23-12-10-22/h5,8,13,15-16H,1-4,6-7,9-12,14H2,(H3,19,20,21). The second-order valence-corrected chi connectivity index (χ2v) is 7.72. The minimum Gasteiger partial charge on any atom is -0.379 e. The number of ether oxygens (including phenoxy) is 1. The van der Waals surface area contributed by atoms with Crippen LogP contribution in [0.15, 0.2) is 22.5 Å². The topological polar surface area (TPSA) is 62.9 Å². The van der Waals surface area contributed by atoms with Gasteiger partial charge < -0.3 is 15.8 Å². The molecule has 6 heteroatoms. The van der Waals surface area contributed by atoms with Gasteiger partial charge in [-0.3, -0.25) is 9.89 Å². The molecule has 2 aliphatic rings. The Kier molecular flexibility index (Phi) is 6.93. The Morgan fingerprint density at radius 3 is 2.71 bits per heavy atom. The second-order valence-electron chi connectivity index (χ2n) is 6.74. The van der Waals surface area contributed by atoms with Crippen molar-refractivity contribution in [1.82, 2.24) is 10.2 Å². The molecule has 0 bridgehead atoms. The zero-order valence-corrected chi connectivity index (χ0v) is 15.3. The Hall–Kier alpha value is -1.11. The first kappa shape index (κ1) is 17.7. The summed E-state index contributed by atoms with van der Waals surface area (Å²) in [5.41, 5.74) is 6.19. The van der Waals surface area contributed by atoms with Crippen molar-refractivity contribution in [2.75, 3.05) is 32.8 Å². The molecule has 1 saturated heterocycles. The molecule has 0 amide bonds. The van der Waals surface area contributed by atoms with E-state index in [4.69, 9.17) is 10.5 Å². The molecule has 1 aliphatic heterocycles. The molecule has 0 radical (unpaired) electrons. The molecule has 3 rings (SSSR count). The van der Waals surface area contributed by atoms with E-state index in [1.807, 2.05) is 0 Å². The van der Waals surface area contributed by atoms with E-state index in [-0.39, 0.29) is 0 Å². The summed E-state index contributed by atoms with van der Waals surface area (Å²) < 4.78 is 5.49. The summed E-state index contributed by atoms with van der Waals surface area (Å²) in [6.07, 6.45) is 7.74. The van der Waals surface area contributed by atoms with Gasteiger partial charge in [0.1, 0.15) is 0 Å². The number of hydrogen-bond acceptors (Lipinski definition) is 4. The Morgan fingerprint density at radius 1 is 1.29 bits per heavy atom. The number of nitrogens with one attached hydrogen (secondary N) is 1. The molecule has 0 aromatic carbocycles. The van der Waals surface area contributed by atoms with Gasteiger partial charge in [0.25, 0.3) is 0 Å². The summed E-state index contributed by atoms with van der Waals surface area (Å²) in [6.45, 7) is 4.26. The molecular weight excluding hydrogens is 320 g/mol. The lowest BCUT2D eigenvalue weighted by Crippen LogP contribution is -2.42. The van der Waals surface area contributed by atoms with Gasteiger partial charge in [-0.1, -0.05) is 31.7 Å². The lowest BCUT2D eigenvalue weighted by Gasteiger charge is -2.33. The highest BCUT2D eigenvalue weighted by molar-refractivity contribution is 7.10. The van der Waals surface area contributed by atoms with Crippen molar-refractivity contribution >= 4 is 17.3 Å². The van der Waals surface area contributed by atoms with Gasteiger partial charge in [0.2, 0.25) is 0 Å². The molecule has 1 unspecified atom stereocenters. The van der Waals surface area contributed by atoms with Gasteiger partial charge in [-0.25, -0.2) is 0 Å². The third-order valence-corrected chi connectivity index (χ3v) is 5.97. The Bertz CT molecular complexity index is 491. The summed E-state index contributed by atoms with van der Waals surface area (Å²) >= 11 is 1.80. The van der Waals surface area contributed by atoms with E-state index in [1.54, 1.807) is 11.3 Å². The molecule has 3 N–H and O–H groups in total. The third-order valence-electron chi connectivity index (χ3n) is 5.00. The third kappa shape index (κ3) is 5.19. The molecular formula is C18H30N4OS. The van der Waals surface area contributed by atoms with E-state index in [0.29, 0.717) is 24.6 Å². The predicted octanol–water partition coefficient (Wildman–Crippen LogP) is 2.75. The van der Waals surface area contributed by atoms with Crippen molar-refractivity contribution in [3.8, 4) is 0 Å². The van der Waals surface area contributed by atoms with E-state index < -0.39 is 0 Å².